The quantitative estimate of drug-likeness (QED) is 0.0645. The number of aryl methyl sites for hydroxylation is 16. The standard InChI is InChI=1S/4C11H18N4.16Mo.52O/c4*1-12-6-8-14(10-12)4-3-5-15-9-7-13(2)11-15;;;;;;;;;;;;;;;;;;;;;;;;;;;;;;;;;;;;;;;;;;;;;;;;;;;;;;;;;;;;;;;;;;;;/h4*6-11H,3-5H2,1-2H3;;;;;;;;;;;;;;;;;;;;;;;;;;;;;;;;;;;;;;;;;;;;;;;;;;;;;;;;;;;;;;;;;;;;/q4*+2;;;;;;;;;;;;;;;;;52*-2. The summed E-state index contributed by atoms with van der Waals surface area (Å²) in [5.74, 6) is 0. The summed E-state index contributed by atoms with van der Waals surface area (Å²) >= 11 is 0. The van der Waals surface area contributed by atoms with E-state index in [0.717, 1.165) is 78.0 Å². The molecule has 0 unspecified atom stereocenters. The molecule has 0 fully saturated rings. The van der Waals surface area contributed by atoms with E-state index in [1.807, 2.05) is 56.4 Å². The van der Waals surface area contributed by atoms with Gasteiger partial charge in [-0.2, -0.15) is 0 Å². The second-order valence-electron chi connectivity index (χ2n) is 15.9. The van der Waals surface area contributed by atoms with Crippen LogP contribution < -0.4 is 36.5 Å². The molecule has 0 spiro atoms. The molecule has 84 heteroatoms. The maximum atomic E-state index is 2.21. The minimum absolute atomic E-state index is 0. The molecular formula is C44H72Mo16N16O52-96. The molecule has 0 radical (unpaired) electrons. The van der Waals surface area contributed by atoms with Crippen LogP contribution >= 0.6 is 0 Å². The Morgan fingerprint density at radius 2 is 0.172 bits per heavy atom. The molecular weight excluding hydrogens is 3120 g/mol. The fourth-order valence-electron chi connectivity index (χ4n) is 6.82. The van der Waals surface area contributed by atoms with Gasteiger partial charge in [0.1, 0.15) is 99.1 Å². The minimum Gasteiger partial charge on any atom is -2.00 e. The summed E-state index contributed by atoms with van der Waals surface area (Å²) in [7, 11) is 16.4. The SMILES string of the molecule is C[n+]1ccn(CCCn2cc[n+](C)c2)c1.C[n+]1ccn(CCCn2cc[n+](C)c2)c1.C[n+]1ccn(CCCn2cc[n+](C)c2)c1.C[n+]1ccn(CCCn2cc[n+](C)c2)c1.[Mo].[Mo].[Mo].[Mo].[Mo].[Mo].[Mo].[Mo].[Mo].[Mo].[Mo].[Mo].[Mo].[Mo].[Mo].[Mo].[O-2].[O-2].[O-2].[O-2].[O-2].[O-2].[O-2].[O-2].[O-2].[O-2].[O-2].[O-2].[O-2].[O-2].[O-2].[O-2].[O-2].[O-2].[O-2].[O-2].[O-2].[O-2].[O-2].[O-2].[O-2].[O-2].[O-2].[O-2].[O-2].[O-2].[O-2].[O-2].[O-2].[O-2].[O-2].[O-2].[O-2].[O-2].[O-2].[O-2].[O-2].[O-2].[O-2].[O-2].[O-2].[O-2].[O-2].[O-2].[O-2].[O-2].[O-2].[O-2]. The van der Waals surface area contributed by atoms with Gasteiger partial charge >= 0.3 is 0 Å². The van der Waals surface area contributed by atoms with Gasteiger partial charge in [-0.25, -0.2) is 73.1 Å². The van der Waals surface area contributed by atoms with Crippen molar-refractivity contribution in [3.8, 4) is 0 Å². The zero-order valence-corrected chi connectivity index (χ0v) is 97.4. The summed E-state index contributed by atoms with van der Waals surface area (Å²) in [5, 5.41) is 0. The van der Waals surface area contributed by atoms with Gasteiger partial charge in [-0.3, -0.25) is 0 Å². The van der Waals surface area contributed by atoms with Crippen LogP contribution in [0.1, 0.15) is 25.7 Å². The van der Waals surface area contributed by atoms with Crippen LogP contribution in [0.3, 0.4) is 0 Å². The van der Waals surface area contributed by atoms with Gasteiger partial charge in [0.15, 0.2) is 0 Å². The maximum Gasteiger partial charge on any atom is 0.243 e. The van der Waals surface area contributed by atoms with Crippen molar-refractivity contribution in [3.05, 3.63) is 150 Å². The molecule has 8 aromatic rings. The Balaban J connectivity index is -0.00000000585. The third-order valence-electron chi connectivity index (χ3n) is 9.92. The van der Waals surface area contributed by atoms with Gasteiger partial charge in [-0.1, -0.05) is 0 Å². The van der Waals surface area contributed by atoms with E-state index < -0.39 is 0 Å². The van der Waals surface area contributed by atoms with Crippen LogP contribution in [-0.4, -0.2) is 36.5 Å². The summed E-state index contributed by atoms with van der Waals surface area (Å²) in [5.41, 5.74) is 0. The average molecular weight is 3190 g/mol. The van der Waals surface area contributed by atoms with E-state index in [4.69, 9.17) is 0 Å². The van der Waals surface area contributed by atoms with Crippen molar-refractivity contribution < 1.29 is 658 Å². The molecule has 0 saturated carbocycles. The van der Waals surface area contributed by atoms with Gasteiger partial charge in [0.25, 0.3) is 0 Å². The first-order valence-electron chi connectivity index (χ1n) is 21.0. The molecule has 0 aliphatic rings. The summed E-state index contributed by atoms with van der Waals surface area (Å²) in [6, 6.07) is 0. The molecule has 0 bridgehead atoms. The van der Waals surface area contributed by atoms with Crippen LogP contribution in [0.15, 0.2) is 150 Å². The van der Waals surface area contributed by atoms with E-state index in [0.29, 0.717) is 0 Å². The van der Waals surface area contributed by atoms with Gasteiger partial charge in [0.05, 0.1) is 109 Å². The van der Waals surface area contributed by atoms with Gasteiger partial charge in [-0.05, 0) is 0 Å². The van der Waals surface area contributed by atoms with Crippen LogP contribution in [-0.2, 0) is 731 Å². The Bertz CT molecular complexity index is 2060. The first-order valence-corrected chi connectivity index (χ1v) is 21.0. The monoisotopic (exact) mass is 3220 g/mol. The Labute approximate surface area is 967 Å². The zero-order valence-electron chi connectivity index (χ0n) is 65.3. The third-order valence-corrected chi connectivity index (χ3v) is 9.92. The number of nitrogens with zero attached hydrogens (tertiary/aromatic N) is 16. The Morgan fingerprint density at radius 3 is 0.211 bits per heavy atom. The van der Waals surface area contributed by atoms with E-state index in [1.165, 1.54) is 0 Å². The van der Waals surface area contributed by atoms with E-state index in [2.05, 4.69) is 223 Å². The predicted molar refractivity (Wildman–Crippen MR) is 259 cm³/mol. The summed E-state index contributed by atoms with van der Waals surface area (Å²) in [6.07, 6.45) is 54.9. The smallest absolute Gasteiger partial charge is 0.243 e. The number of aromatic nitrogens is 16. The second kappa shape index (κ2) is 286. The normalized spacial score (nSPS) is 5.06. The van der Waals surface area contributed by atoms with E-state index in [9.17, 15) is 0 Å². The number of hydrogen-bond donors (Lipinski definition) is 0. The van der Waals surface area contributed by atoms with Gasteiger partial charge in [-0.15, -0.1) is 0 Å². The number of hydrogen-bond acceptors (Lipinski definition) is 0. The molecule has 0 amide bonds. The molecule has 0 aromatic carbocycles. The van der Waals surface area contributed by atoms with Crippen LogP contribution in [0.4, 0.5) is 0 Å². The first-order chi connectivity index (χ1) is 28.9. The van der Waals surface area contributed by atoms with Crippen molar-refractivity contribution in [2.45, 2.75) is 78.0 Å². The summed E-state index contributed by atoms with van der Waals surface area (Å²) in [4.78, 5) is 0. The molecule has 128 heavy (non-hydrogen) atoms. The first kappa shape index (κ1) is 494. The van der Waals surface area contributed by atoms with E-state index in [1.54, 1.807) is 0 Å². The van der Waals surface area contributed by atoms with Crippen molar-refractivity contribution in [1.82, 2.24) is 36.5 Å². The fraction of sp³-hybridized carbons (Fsp3) is 0.455. The largest absolute Gasteiger partial charge is 2.00 e. The fourth-order valence-corrected chi connectivity index (χ4v) is 6.82. The van der Waals surface area contributed by atoms with Crippen LogP contribution in [0.2, 0.25) is 0 Å². The predicted octanol–water partition coefficient (Wildman–Crippen LogP) is -6.10. The molecule has 8 heterocycles. The topological polar surface area (TPSA) is 1550 Å². The van der Waals surface area contributed by atoms with E-state index in [-0.39, 0.29) is 622 Å². The molecule has 68 nitrogen and oxygen atoms in total. The molecule has 832 valence electrons. The van der Waals surface area contributed by atoms with Crippen molar-refractivity contribution in [1.29, 1.82) is 0 Å². The zero-order chi connectivity index (χ0) is 42.7. The molecule has 0 aliphatic carbocycles. The third kappa shape index (κ3) is 215. The molecule has 8 aromatic heterocycles. The minimum atomic E-state index is 0. The van der Waals surface area contributed by atoms with Crippen LogP contribution in [0.25, 0.3) is 0 Å². The van der Waals surface area contributed by atoms with Gasteiger partial charge in [0.2, 0.25) is 50.6 Å². The molecule has 0 aliphatic heterocycles. The number of imidazole rings is 8. The van der Waals surface area contributed by atoms with E-state index >= 15 is 0 Å². The molecule has 0 atom stereocenters. The summed E-state index contributed by atoms with van der Waals surface area (Å²) in [6.45, 7) is 8.58. The average Bonchev–Trinajstić information content (AvgIpc) is 1.80. The van der Waals surface area contributed by atoms with Crippen LogP contribution in [0.5, 0.6) is 0 Å². The molecule has 8 rings (SSSR count). The Kier molecular flexibility index (Phi) is 1100. The summed E-state index contributed by atoms with van der Waals surface area (Å²) < 4.78 is 34.2. The van der Waals surface area contributed by atoms with Crippen LogP contribution in [0, 0.1) is 0 Å². The van der Waals surface area contributed by atoms with Crippen molar-refractivity contribution in [3.63, 3.8) is 0 Å². The van der Waals surface area contributed by atoms with Gasteiger partial charge in [0, 0.05) is 363 Å². The van der Waals surface area contributed by atoms with Gasteiger partial charge < -0.3 is 285 Å². The Hall–Kier alpha value is 2.61. The van der Waals surface area contributed by atoms with Crippen molar-refractivity contribution in [2.24, 2.45) is 56.4 Å². The van der Waals surface area contributed by atoms with Crippen molar-refractivity contribution in [2.75, 3.05) is 0 Å². The molecule has 0 N–H and O–H groups in total. The maximum absolute atomic E-state index is 2.21. The van der Waals surface area contributed by atoms with Crippen molar-refractivity contribution >= 4 is 0 Å². The number of rotatable bonds is 16. The second-order valence-corrected chi connectivity index (χ2v) is 15.9. The molecule has 0 saturated heterocycles. The Morgan fingerprint density at radius 1 is 0.117 bits per heavy atom.